The highest BCUT2D eigenvalue weighted by atomic mass is 16.5. The first-order chi connectivity index (χ1) is 14.8. The van der Waals surface area contributed by atoms with Gasteiger partial charge in [-0.15, -0.1) is 0 Å². The number of carbonyl (C=O) groups excluding carboxylic acids is 3. The maximum absolute atomic E-state index is 13.3. The summed E-state index contributed by atoms with van der Waals surface area (Å²) in [5.74, 6) is -0.900. The SMILES string of the molecule is CN[C@@H](C)C(=O)N[C@H](C(=O)N1COC[C@H]1C(=O)NC1CCCc2ccccc21)C(C)C. The molecule has 170 valence electrons. The van der Waals surface area contributed by atoms with E-state index < -0.39 is 18.1 Å². The van der Waals surface area contributed by atoms with E-state index in [4.69, 9.17) is 4.74 Å². The predicted octanol–water partition coefficient (Wildman–Crippen LogP) is 1.11. The van der Waals surface area contributed by atoms with Crippen LogP contribution in [0.5, 0.6) is 0 Å². The lowest BCUT2D eigenvalue weighted by molar-refractivity contribution is -0.143. The van der Waals surface area contributed by atoms with Gasteiger partial charge >= 0.3 is 0 Å². The first kappa shape index (κ1) is 23.2. The van der Waals surface area contributed by atoms with Gasteiger partial charge in [0.1, 0.15) is 18.8 Å². The van der Waals surface area contributed by atoms with Gasteiger partial charge in [-0.1, -0.05) is 38.1 Å². The molecular weight excluding hydrogens is 396 g/mol. The van der Waals surface area contributed by atoms with Crippen LogP contribution in [0.25, 0.3) is 0 Å². The first-order valence-electron chi connectivity index (χ1n) is 11.1. The van der Waals surface area contributed by atoms with Crippen molar-refractivity contribution in [3.63, 3.8) is 0 Å². The minimum Gasteiger partial charge on any atom is -0.358 e. The lowest BCUT2D eigenvalue weighted by Crippen LogP contribution is -2.57. The average Bonchev–Trinajstić information content (AvgIpc) is 3.26. The van der Waals surface area contributed by atoms with Gasteiger partial charge < -0.3 is 25.6 Å². The van der Waals surface area contributed by atoms with Gasteiger partial charge in [0.2, 0.25) is 17.7 Å². The summed E-state index contributed by atoms with van der Waals surface area (Å²) < 4.78 is 5.49. The van der Waals surface area contributed by atoms with Crippen LogP contribution in [-0.2, 0) is 25.5 Å². The van der Waals surface area contributed by atoms with E-state index >= 15 is 0 Å². The van der Waals surface area contributed by atoms with Crippen LogP contribution in [0.1, 0.15) is 50.8 Å². The summed E-state index contributed by atoms with van der Waals surface area (Å²) in [5, 5.41) is 8.82. The summed E-state index contributed by atoms with van der Waals surface area (Å²) in [6.45, 7) is 5.67. The van der Waals surface area contributed by atoms with Crippen molar-refractivity contribution in [3.8, 4) is 0 Å². The standard InChI is InChI=1S/C23H34N4O4/c1-14(2)20(26-21(28)15(3)24-4)23(30)27-13-31-12-19(27)22(29)25-18-11-7-9-16-8-5-6-10-17(16)18/h5-6,8,10,14-15,18-20,24H,7,9,11-13H2,1-4H3,(H,25,29)(H,26,28)/t15-,18?,19-,20-/m0/s1. The molecule has 0 radical (unpaired) electrons. The Balaban J connectivity index is 1.70. The fraction of sp³-hybridized carbons (Fsp3) is 0.609. The molecule has 31 heavy (non-hydrogen) atoms. The number of carbonyl (C=O) groups is 3. The van der Waals surface area contributed by atoms with Crippen LogP contribution in [0.2, 0.25) is 0 Å². The molecule has 1 aromatic rings. The number of nitrogens with one attached hydrogen (secondary N) is 3. The second-order valence-corrected chi connectivity index (χ2v) is 8.72. The van der Waals surface area contributed by atoms with Gasteiger partial charge in [-0.05, 0) is 50.3 Å². The average molecular weight is 431 g/mol. The van der Waals surface area contributed by atoms with E-state index in [1.807, 2.05) is 26.0 Å². The second-order valence-electron chi connectivity index (χ2n) is 8.72. The smallest absolute Gasteiger partial charge is 0.248 e. The van der Waals surface area contributed by atoms with Gasteiger partial charge in [-0.25, -0.2) is 0 Å². The van der Waals surface area contributed by atoms with Crippen LogP contribution in [0.3, 0.4) is 0 Å². The normalized spacial score (nSPS) is 22.5. The number of likely N-dealkylation sites (N-methyl/N-ethyl adjacent to an activating group) is 1. The minimum atomic E-state index is -0.726. The molecule has 0 bridgehead atoms. The molecule has 8 nitrogen and oxygen atoms in total. The van der Waals surface area contributed by atoms with E-state index in [-0.39, 0.29) is 43.0 Å². The summed E-state index contributed by atoms with van der Waals surface area (Å²) in [6, 6.07) is 6.24. The molecule has 0 spiro atoms. The molecule has 3 amide bonds. The Morgan fingerprint density at radius 1 is 1.16 bits per heavy atom. The van der Waals surface area contributed by atoms with Gasteiger partial charge in [-0.2, -0.15) is 0 Å². The van der Waals surface area contributed by atoms with E-state index in [2.05, 4.69) is 28.1 Å². The number of nitrogens with zero attached hydrogens (tertiary/aromatic N) is 1. The highest BCUT2D eigenvalue weighted by molar-refractivity contribution is 5.93. The number of fused-ring (bicyclic) bond motifs is 1. The lowest BCUT2D eigenvalue weighted by Gasteiger charge is -2.31. The lowest BCUT2D eigenvalue weighted by atomic mass is 9.87. The quantitative estimate of drug-likeness (QED) is 0.602. The van der Waals surface area contributed by atoms with Gasteiger partial charge in [0.05, 0.1) is 18.7 Å². The Hall–Kier alpha value is -2.45. The van der Waals surface area contributed by atoms with Crippen molar-refractivity contribution in [3.05, 3.63) is 35.4 Å². The molecule has 1 heterocycles. The molecule has 1 aliphatic heterocycles. The predicted molar refractivity (Wildman–Crippen MR) is 117 cm³/mol. The molecular formula is C23H34N4O4. The zero-order chi connectivity index (χ0) is 22.5. The number of ether oxygens (including phenoxy) is 1. The van der Waals surface area contributed by atoms with Crippen molar-refractivity contribution >= 4 is 17.7 Å². The van der Waals surface area contributed by atoms with Gasteiger partial charge in [0, 0.05) is 0 Å². The van der Waals surface area contributed by atoms with Crippen LogP contribution < -0.4 is 16.0 Å². The zero-order valence-corrected chi connectivity index (χ0v) is 18.8. The second kappa shape index (κ2) is 10.2. The number of benzene rings is 1. The van der Waals surface area contributed by atoms with Crippen molar-refractivity contribution in [2.75, 3.05) is 20.4 Å². The van der Waals surface area contributed by atoms with Crippen molar-refractivity contribution in [2.45, 2.75) is 64.2 Å². The number of hydrogen-bond donors (Lipinski definition) is 3. The number of hydrogen-bond acceptors (Lipinski definition) is 5. The Bertz CT molecular complexity index is 813. The van der Waals surface area contributed by atoms with Crippen LogP contribution in [0.4, 0.5) is 0 Å². The maximum Gasteiger partial charge on any atom is 0.248 e. The summed E-state index contributed by atoms with van der Waals surface area (Å²) in [4.78, 5) is 40.2. The molecule has 0 saturated carbocycles. The molecule has 1 unspecified atom stereocenters. The summed E-state index contributed by atoms with van der Waals surface area (Å²) in [6.07, 6.45) is 2.90. The van der Waals surface area contributed by atoms with Crippen LogP contribution in [0.15, 0.2) is 24.3 Å². The van der Waals surface area contributed by atoms with E-state index in [1.54, 1.807) is 14.0 Å². The van der Waals surface area contributed by atoms with Crippen molar-refractivity contribution in [1.29, 1.82) is 0 Å². The molecule has 2 aliphatic rings. The molecule has 1 aromatic carbocycles. The van der Waals surface area contributed by atoms with Gasteiger partial charge in [0.25, 0.3) is 0 Å². The summed E-state index contributed by atoms with van der Waals surface area (Å²) in [7, 11) is 1.69. The maximum atomic E-state index is 13.3. The van der Waals surface area contributed by atoms with Crippen LogP contribution in [0, 0.1) is 5.92 Å². The minimum absolute atomic E-state index is 0.0405. The highest BCUT2D eigenvalue weighted by Crippen LogP contribution is 2.29. The Labute approximate surface area is 184 Å². The third-order valence-electron chi connectivity index (χ3n) is 6.21. The van der Waals surface area contributed by atoms with Crippen molar-refractivity contribution in [1.82, 2.24) is 20.9 Å². The Kier molecular flexibility index (Phi) is 7.67. The van der Waals surface area contributed by atoms with Crippen molar-refractivity contribution in [2.24, 2.45) is 5.92 Å². The molecule has 3 N–H and O–H groups in total. The highest BCUT2D eigenvalue weighted by Gasteiger charge is 2.40. The zero-order valence-electron chi connectivity index (χ0n) is 18.8. The third-order valence-corrected chi connectivity index (χ3v) is 6.21. The first-order valence-corrected chi connectivity index (χ1v) is 11.1. The fourth-order valence-electron chi connectivity index (χ4n) is 4.15. The van der Waals surface area contributed by atoms with E-state index in [0.29, 0.717) is 0 Å². The number of aryl methyl sites for hydroxylation is 1. The molecule has 8 heteroatoms. The number of rotatable bonds is 7. The monoisotopic (exact) mass is 430 g/mol. The molecule has 0 aromatic heterocycles. The van der Waals surface area contributed by atoms with Gasteiger partial charge in [-0.3, -0.25) is 14.4 Å². The van der Waals surface area contributed by atoms with Crippen molar-refractivity contribution < 1.29 is 19.1 Å². The molecule has 3 rings (SSSR count). The third kappa shape index (κ3) is 5.25. The molecule has 1 saturated heterocycles. The molecule has 1 fully saturated rings. The van der Waals surface area contributed by atoms with E-state index in [1.165, 1.54) is 10.5 Å². The van der Waals surface area contributed by atoms with Crippen LogP contribution >= 0.6 is 0 Å². The van der Waals surface area contributed by atoms with E-state index in [0.717, 1.165) is 24.8 Å². The van der Waals surface area contributed by atoms with Crippen LogP contribution in [-0.4, -0.2) is 61.1 Å². The Morgan fingerprint density at radius 2 is 1.90 bits per heavy atom. The molecule has 1 aliphatic carbocycles. The van der Waals surface area contributed by atoms with Gasteiger partial charge in [0.15, 0.2) is 0 Å². The molecule has 4 atom stereocenters. The topological polar surface area (TPSA) is 99.8 Å². The largest absolute Gasteiger partial charge is 0.358 e. The number of amides is 3. The fourth-order valence-corrected chi connectivity index (χ4v) is 4.15. The summed E-state index contributed by atoms with van der Waals surface area (Å²) >= 11 is 0. The Morgan fingerprint density at radius 3 is 2.61 bits per heavy atom. The summed E-state index contributed by atoms with van der Waals surface area (Å²) in [5.41, 5.74) is 2.41. The van der Waals surface area contributed by atoms with E-state index in [9.17, 15) is 14.4 Å².